The van der Waals surface area contributed by atoms with Crippen LogP contribution in [0.2, 0.25) is 0 Å². The van der Waals surface area contributed by atoms with Crippen molar-refractivity contribution in [2.75, 3.05) is 13.2 Å². The third-order valence-corrected chi connectivity index (χ3v) is 3.22. The highest BCUT2D eigenvalue weighted by Crippen LogP contribution is 2.24. The summed E-state index contributed by atoms with van der Waals surface area (Å²) in [5.41, 5.74) is 2.43. The molecule has 7 heteroatoms. The van der Waals surface area contributed by atoms with Crippen molar-refractivity contribution in [3.8, 4) is 17.0 Å². The van der Waals surface area contributed by atoms with Gasteiger partial charge >= 0.3 is 6.09 Å². The van der Waals surface area contributed by atoms with E-state index >= 15 is 0 Å². The van der Waals surface area contributed by atoms with Gasteiger partial charge in [-0.05, 0) is 42.8 Å². The van der Waals surface area contributed by atoms with Crippen molar-refractivity contribution < 1.29 is 23.4 Å². The molecule has 2 aromatic rings. The van der Waals surface area contributed by atoms with E-state index in [0.717, 1.165) is 11.1 Å². The second-order valence-electron chi connectivity index (χ2n) is 5.06. The van der Waals surface area contributed by atoms with Crippen molar-refractivity contribution >= 4 is 6.09 Å². The van der Waals surface area contributed by atoms with Crippen LogP contribution in [0.1, 0.15) is 5.56 Å². The van der Waals surface area contributed by atoms with E-state index in [1.165, 1.54) is 18.3 Å². The van der Waals surface area contributed by atoms with Crippen LogP contribution in [0.3, 0.4) is 0 Å². The van der Waals surface area contributed by atoms with Crippen LogP contribution in [-0.2, 0) is 0 Å². The number of ether oxygens (including phenoxy) is 1. The molecule has 0 bridgehead atoms. The first-order valence-corrected chi connectivity index (χ1v) is 7.10. The number of hydrogen-bond acceptors (Lipinski definition) is 3. The summed E-state index contributed by atoms with van der Waals surface area (Å²) in [6, 6.07) is 7.70. The van der Waals surface area contributed by atoms with Crippen molar-refractivity contribution in [3.63, 3.8) is 0 Å². The Morgan fingerprint density at radius 1 is 1.38 bits per heavy atom. The number of hydrogen-bond donors (Lipinski definition) is 2. The van der Waals surface area contributed by atoms with E-state index in [4.69, 9.17) is 9.84 Å². The van der Waals surface area contributed by atoms with E-state index in [1.807, 2.05) is 6.92 Å². The van der Waals surface area contributed by atoms with Gasteiger partial charge in [-0.1, -0.05) is 0 Å². The molecule has 0 spiro atoms. The van der Waals surface area contributed by atoms with Crippen LogP contribution in [0.5, 0.6) is 5.75 Å². The summed E-state index contributed by atoms with van der Waals surface area (Å²) >= 11 is 0. The Morgan fingerprint density at radius 2 is 2.08 bits per heavy atom. The van der Waals surface area contributed by atoms with Gasteiger partial charge in [0.15, 0.2) is 0 Å². The van der Waals surface area contributed by atoms with Gasteiger partial charge in [0.25, 0.3) is 0 Å². The zero-order chi connectivity index (χ0) is 17.5. The number of aromatic nitrogens is 1. The number of halogens is 2. The van der Waals surface area contributed by atoms with Gasteiger partial charge in [0.1, 0.15) is 18.2 Å². The monoisotopic (exact) mass is 334 g/mol. The summed E-state index contributed by atoms with van der Waals surface area (Å²) in [5, 5.41) is 10.6. The molecule has 0 aliphatic rings. The number of nitrogens with one attached hydrogen (secondary N) is 1. The fourth-order valence-electron chi connectivity index (χ4n) is 2.02. The van der Waals surface area contributed by atoms with Crippen molar-refractivity contribution in [1.82, 2.24) is 10.3 Å². The molecule has 1 amide bonds. The van der Waals surface area contributed by atoms with Crippen LogP contribution in [0, 0.1) is 12.7 Å². The molecule has 0 fully saturated rings. The molecule has 126 valence electrons. The number of amides is 1. The van der Waals surface area contributed by atoms with Crippen LogP contribution >= 0.6 is 0 Å². The van der Waals surface area contributed by atoms with Crippen LogP contribution < -0.4 is 10.1 Å². The first-order valence-electron chi connectivity index (χ1n) is 7.10. The van der Waals surface area contributed by atoms with Gasteiger partial charge in [0.2, 0.25) is 0 Å². The molecule has 0 saturated carbocycles. The van der Waals surface area contributed by atoms with Gasteiger partial charge in [-0.15, -0.1) is 0 Å². The van der Waals surface area contributed by atoms with Crippen molar-refractivity contribution in [3.05, 3.63) is 59.8 Å². The minimum Gasteiger partial charge on any atom is -0.487 e. The SMILES string of the molecule is Cc1cc(OCC(=CF)CNC(=O)O)cnc1-c1ccc(F)cc1. The van der Waals surface area contributed by atoms with E-state index in [-0.39, 0.29) is 24.5 Å². The molecule has 2 rings (SSSR count). The minimum atomic E-state index is -1.24. The Hall–Kier alpha value is -2.96. The highest BCUT2D eigenvalue weighted by atomic mass is 19.1. The zero-order valence-corrected chi connectivity index (χ0v) is 12.9. The van der Waals surface area contributed by atoms with Gasteiger partial charge in [-0.3, -0.25) is 4.98 Å². The molecule has 0 radical (unpaired) electrons. The summed E-state index contributed by atoms with van der Waals surface area (Å²) < 4.78 is 31.1. The van der Waals surface area contributed by atoms with Gasteiger partial charge in [-0.2, -0.15) is 0 Å². The number of carbonyl (C=O) groups is 1. The molecule has 0 saturated heterocycles. The maximum atomic E-state index is 13.0. The lowest BCUT2D eigenvalue weighted by atomic mass is 10.1. The van der Waals surface area contributed by atoms with Gasteiger partial charge in [0, 0.05) is 17.7 Å². The average molecular weight is 334 g/mol. The number of rotatable bonds is 6. The van der Waals surface area contributed by atoms with Crippen LogP contribution in [0.25, 0.3) is 11.3 Å². The molecule has 1 heterocycles. The van der Waals surface area contributed by atoms with Crippen LogP contribution in [-0.4, -0.2) is 29.3 Å². The highest BCUT2D eigenvalue weighted by molar-refractivity contribution is 5.65. The average Bonchev–Trinajstić information content (AvgIpc) is 2.56. The fourth-order valence-corrected chi connectivity index (χ4v) is 2.02. The van der Waals surface area contributed by atoms with Gasteiger partial charge in [0.05, 0.1) is 18.2 Å². The lowest BCUT2D eigenvalue weighted by Crippen LogP contribution is -2.25. The van der Waals surface area contributed by atoms with Gasteiger partial charge in [-0.25, -0.2) is 13.6 Å². The molecular weight excluding hydrogens is 318 g/mol. The quantitative estimate of drug-likeness (QED) is 0.845. The minimum absolute atomic E-state index is 0.103. The Balaban J connectivity index is 2.04. The lowest BCUT2D eigenvalue weighted by Gasteiger charge is -2.11. The molecule has 1 aromatic carbocycles. The molecule has 0 aliphatic heterocycles. The van der Waals surface area contributed by atoms with Crippen LogP contribution in [0.4, 0.5) is 13.6 Å². The van der Waals surface area contributed by atoms with E-state index in [9.17, 15) is 13.6 Å². The van der Waals surface area contributed by atoms with Crippen molar-refractivity contribution in [2.24, 2.45) is 0 Å². The maximum absolute atomic E-state index is 13.0. The molecule has 0 atom stereocenters. The smallest absolute Gasteiger partial charge is 0.404 e. The second kappa shape index (κ2) is 8.05. The highest BCUT2D eigenvalue weighted by Gasteiger charge is 2.07. The fraction of sp³-hybridized carbons (Fsp3) is 0.176. The number of nitrogens with zero attached hydrogens (tertiary/aromatic N) is 1. The van der Waals surface area contributed by atoms with E-state index in [2.05, 4.69) is 10.3 Å². The summed E-state index contributed by atoms with van der Waals surface area (Å²) in [6.45, 7) is 1.57. The second-order valence-corrected chi connectivity index (χ2v) is 5.06. The van der Waals surface area contributed by atoms with Crippen LogP contribution in [0.15, 0.2) is 48.4 Å². The molecule has 2 N–H and O–H groups in total. The summed E-state index contributed by atoms with van der Waals surface area (Å²) in [4.78, 5) is 14.7. The molecule has 24 heavy (non-hydrogen) atoms. The number of benzene rings is 1. The third kappa shape index (κ3) is 4.77. The maximum Gasteiger partial charge on any atom is 0.404 e. The Kier molecular flexibility index (Phi) is 5.83. The topological polar surface area (TPSA) is 71.5 Å². The largest absolute Gasteiger partial charge is 0.487 e. The number of aryl methyl sites for hydroxylation is 1. The normalized spacial score (nSPS) is 11.2. The Labute approximate surface area is 137 Å². The summed E-state index contributed by atoms with van der Waals surface area (Å²) in [7, 11) is 0. The molecule has 0 aliphatic carbocycles. The predicted molar refractivity (Wildman–Crippen MR) is 85.1 cm³/mol. The first kappa shape index (κ1) is 17.4. The van der Waals surface area contributed by atoms with E-state index < -0.39 is 6.09 Å². The lowest BCUT2D eigenvalue weighted by molar-refractivity contribution is 0.195. The van der Waals surface area contributed by atoms with E-state index in [1.54, 1.807) is 18.2 Å². The predicted octanol–water partition coefficient (Wildman–Crippen LogP) is 3.70. The van der Waals surface area contributed by atoms with Crippen molar-refractivity contribution in [1.29, 1.82) is 0 Å². The number of pyridine rings is 1. The van der Waals surface area contributed by atoms with Crippen molar-refractivity contribution in [2.45, 2.75) is 6.92 Å². The Bertz CT molecular complexity index is 746. The molecular formula is C17H16F2N2O3. The molecule has 5 nitrogen and oxygen atoms in total. The van der Waals surface area contributed by atoms with E-state index in [0.29, 0.717) is 17.8 Å². The molecule has 0 unspecified atom stereocenters. The third-order valence-electron chi connectivity index (χ3n) is 3.22. The standard InChI is InChI=1S/C17H16F2N2O3/c1-11-6-15(24-10-12(7-18)8-21-17(22)23)9-20-16(11)13-2-4-14(19)5-3-13/h2-7,9,21H,8,10H2,1H3,(H,22,23). The molecule has 1 aromatic heterocycles. The first-order chi connectivity index (χ1) is 11.5. The summed E-state index contributed by atoms with van der Waals surface area (Å²) in [6.07, 6.45) is 0.547. The Morgan fingerprint density at radius 3 is 2.67 bits per heavy atom. The summed E-state index contributed by atoms with van der Waals surface area (Å²) in [5.74, 6) is 0.102. The number of carboxylic acid groups (broad SMARTS) is 1. The van der Waals surface area contributed by atoms with Gasteiger partial charge < -0.3 is 15.2 Å². The zero-order valence-electron chi connectivity index (χ0n) is 12.9.